The zero-order valence-electron chi connectivity index (χ0n) is 8.05. The van der Waals surface area contributed by atoms with Gasteiger partial charge in [0.2, 0.25) is 0 Å². The zero-order chi connectivity index (χ0) is 10.9. The predicted molar refractivity (Wildman–Crippen MR) is 48.3 cm³/mol. The quantitative estimate of drug-likeness (QED) is 0.768. The van der Waals surface area contributed by atoms with E-state index in [1.807, 2.05) is 0 Å². The summed E-state index contributed by atoms with van der Waals surface area (Å²) >= 11 is 0. The molecule has 14 heavy (non-hydrogen) atoms. The highest BCUT2D eigenvalue weighted by atomic mass is 19.3. The molecule has 1 heterocycles. The van der Waals surface area contributed by atoms with Gasteiger partial charge in [0, 0.05) is 11.6 Å². The number of alkyl halides is 2. The molecule has 0 aliphatic carbocycles. The van der Waals surface area contributed by atoms with Crippen molar-refractivity contribution in [2.24, 2.45) is 5.73 Å². The van der Waals surface area contributed by atoms with Crippen LogP contribution in [-0.2, 0) is 6.54 Å². The van der Waals surface area contributed by atoms with Gasteiger partial charge in [0.1, 0.15) is 5.69 Å². The average Bonchev–Trinajstić information content (AvgIpc) is 2.29. The lowest BCUT2D eigenvalue weighted by Crippen LogP contribution is -2.40. The van der Waals surface area contributed by atoms with Crippen LogP contribution in [0.2, 0.25) is 0 Å². The van der Waals surface area contributed by atoms with E-state index in [9.17, 15) is 13.6 Å². The third-order valence-electron chi connectivity index (χ3n) is 1.61. The number of halogens is 2. The molecule has 0 radical (unpaired) electrons. The third kappa shape index (κ3) is 2.66. The van der Waals surface area contributed by atoms with E-state index in [4.69, 9.17) is 5.73 Å². The Morgan fingerprint density at radius 3 is 2.57 bits per heavy atom. The Balaban J connectivity index is 2.94. The van der Waals surface area contributed by atoms with Gasteiger partial charge in [-0.05, 0) is 13.8 Å². The summed E-state index contributed by atoms with van der Waals surface area (Å²) in [6.45, 7) is 3.60. The smallest absolute Gasteiger partial charge is 0.279 e. The first-order valence-electron chi connectivity index (χ1n) is 4.16. The molecule has 0 aliphatic rings. The van der Waals surface area contributed by atoms with Crippen molar-refractivity contribution in [2.45, 2.75) is 32.4 Å². The first-order valence-corrected chi connectivity index (χ1v) is 4.16. The minimum Gasteiger partial charge on any atom is -0.324 e. The molecular formula is C8H13F2N3O. The molecule has 4 nitrogen and oxygen atoms in total. The van der Waals surface area contributed by atoms with Crippen LogP contribution in [0.1, 0.15) is 26.0 Å². The van der Waals surface area contributed by atoms with E-state index in [-0.39, 0.29) is 12.2 Å². The average molecular weight is 205 g/mol. The molecule has 80 valence electrons. The molecule has 0 saturated carbocycles. The van der Waals surface area contributed by atoms with Crippen molar-refractivity contribution in [1.29, 1.82) is 0 Å². The van der Waals surface area contributed by atoms with Crippen LogP contribution in [0, 0.1) is 0 Å². The van der Waals surface area contributed by atoms with Crippen molar-refractivity contribution in [3.8, 4) is 0 Å². The predicted octanol–water partition coefficient (Wildman–Crippen LogP) is 0.851. The maximum Gasteiger partial charge on any atom is 0.279 e. The maximum absolute atomic E-state index is 12.2. The lowest BCUT2D eigenvalue weighted by molar-refractivity contribution is 0.144. The number of rotatable bonds is 3. The van der Waals surface area contributed by atoms with Gasteiger partial charge in [-0.15, -0.1) is 0 Å². The Morgan fingerprint density at radius 1 is 1.64 bits per heavy atom. The normalized spacial score (nSPS) is 12.4. The van der Waals surface area contributed by atoms with E-state index < -0.39 is 17.5 Å². The highest BCUT2D eigenvalue weighted by molar-refractivity contribution is 5.01. The van der Waals surface area contributed by atoms with Crippen LogP contribution in [0.25, 0.3) is 0 Å². The molecule has 0 saturated heterocycles. The lowest BCUT2D eigenvalue weighted by Gasteiger charge is -2.17. The summed E-state index contributed by atoms with van der Waals surface area (Å²) in [5.41, 5.74) is 4.17. The molecule has 0 unspecified atom stereocenters. The number of hydrogen-bond acceptors (Lipinski definition) is 2. The summed E-state index contributed by atoms with van der Waals surface area (Å²) < 4.78 is 25.4. The second kappa shape index (κ2) is 3.53. The fourth-order valence-corrected chi connectivity index (χ4v) is 1.09. The van der Waals surface area contributed by atoms with E-state index >= 15 is 0 Å². The highest BCUT2D eigenvalue weighted by Gasteiger charge is 2.17. The van der Waals surface area contributed by atoms with Gasteiger partial charge in [0.25, 0.3) is 12.0 Å². The highest BCUT2D eigenvalue weighted by Crippen LogP contribution is 2.14. The Hall–Kier alpha value is -1.17. The first kappa shape index (κ1) is 10.9. The fourth-order valence-electron chi connectivity index (χ4n) is 1.09. The van der Waals surface area contributed by atoms with Crippen LogP contribution in [0.3, 0.4) is 0 Å². The van der Waals surface area contributed by atoms with Gasteiger partial charge in [-0.1, -0.05) is 0 Å². The molecule has 1 aromatic rings. The standard InChI is InChI=1S/C8H13F2N3O/c1-8(2,11)4-13-6(14)3-5(12-13)7(9)10/h3,7,12H,4,11H2,1-2H3. The van der Waals surface area contributed by atoms with Gasteiger partial charge in [0.05, 0.1) is 6.54 Å². The van der Waals surface area contributed by atoms with Crippen molar-refractivity contribution < 1.29 is 8.78 Å². The molecule has 1 aromatic heterocycles. The summed E-state index contributed by atoms with van der Waals surface area (Å²) in [4.78, 5) is 11.2. The van der Waals surface area contributed by atoms with Crippen LogP contribution in [0.5, 0.6) is 0 Å². The molecule has 0 aliphatic heterocycles. The van der Waals surface area contributed by atoms with Crippen molar-refractivity contribution in [1.82, 2.24) is 9.78 Å². The molecule has 6 heteroatoms. The van der Waals surface area contributed by atoms with Gasteiger partial charge >= 0.3 is 0 Å². The molecule has 1 rings (SSSR count). The second-order valence-corrected chi connectivity index (χ2v) is 3.93. The summed E-state index contributed by atoms with van der Waals surface area (Å²) in [6.07, 6.45) is -2.66. The SMILES string of the molecule is CC(C)(N)Cn1[nH]c(C(F)F)cc1=O. The maximum atomic E-state index is 12.2. The van der Waals surface area contributed by atoms with Crippen molar-refractivity contribution in [3.05, 3.63) is 22.1 Å². The lowest BCUT2D eigenvalue weighted by atomic mass is 10.1. The molecule has 3 N–H and O–H groups in total. The van der Waals surface area contributed by atoms with E-state index in [2.05, 4.69) is 5.10 Å². The number of aromatic nitrogens is 2. The Kier molecular flexibility index (Phi) is 2.75. The monoisotopic (exact) mass is 205 g/mol. The van der Waals surface area contributed by atoms with E-state index in [0.29, 0.717) is 0 Å². The third-order valence-corrected chi connectivity index (χ3v) is 1.61. The van der Waals surface area contributed by atoms with Crippen LogP contribution in [0.15, 0.2) is 10.9 Å². The summed E-state index contributed by atoms with van der Waals surface area (Å²) in [7, 11) is 0. The molecule has 0 bridgehead atoms. The number of nitrogens with zero attached hydrogens (tertiary/aromatic N) is 1. The van der Waals surface area contributed by atoms with Crippen molar-refractivity contribution in [2.75, 3.05) is 0 Å². The van der Waals surface area contributed by atoms with Gasteiger partial charge in [-0.3, -0.25) is 14.6 Å². The Morgan fingerprint density at radius 2 is 2.21 bits per heavy atom. The van der Waals surface area contributed by atoms with Gasteiger partial charge in [-0.2, -0.15) is 0 Å². The Bertz CT molecular complexity index is 361. The molecule has 0 amide bonds. The van der Waals surface area contributed by atoms with Gasteiger partial charge in [0.15, 0.2) is 0 Å². The molecule has 0 aromatic carbocycles. The van der Waals surface area contributed by atoms with E-state index in [1.165, 1.54) is 0 Å². The van der Waals surface area contributed by atoms with Crippen LogP contribution in [0.4, 0.5) is 8.78 Å². The minimum absolute atomic E-state index is 0.179. The van der Waals surface area contributed by atoms with Gasteiger partial charge in [-0.25, -0.2) is 8.78 Å². The zero-order valence-corrected chi connectivity index (χ0v) is 8.05. The van der Waals surface area contributed by atoms with Crippen molar-refractivity contribution >= 4 is 0 Å². The summed E-state index contributed by atoms with van der Waals surface area (Å²) in [5, 5.41) is 2.31. The largest absolute Gasteiger partial charge is 0.324 e. The fraction of sp³-hybridized carbons (Fsp3) is 0.625. The van der Waals surface area contributed by atoms with Crippen LogP contribution >= 0.6 is 0 Å². The molecule has 0 atom stereocenters. The number of nitrogens with one attached hydrogen (secondary N) is 1. The Labute approximate surface area is 79.7 Å². The number of H-pyrrole nitrogens is 1. The van der Waals surface area contributed by atoms with Crippen LogP contribution in [-0.4, -0.2) is 15.3 Å². The molecular weight excluding hydrogens is 192 g/mol. The summed E-state index contributed by atoms with van der Waals surface area (Å²) in [5.74, 6) is 0. The van der Waals surface area contributed by atoms with Crippen molar-refractivity contribution in [3.63, 3.8) is 0 Å². The minimum atomic E-state index is -2.66. The number of nitrogens with two attached hydrogens (primary N) is 1. The first-order chi connectivity index (χ1) is 6.29. The molecule has 0 spiro atoms. The number of aromatic amines is 1. The second-order valence-electron chi connectivity index (χ2n) is 3.93. The van der Waals surface area contributed by atoms with Crippen LogP contribution < -0.4 is 11.3 Å². The summed E-state index contributed by atoms with van der Waals surface area (Å²) in [6, 6.07) is 0.885. The van der Waals surface area contributed by atoms with Gasteiger partial charge < -0.3 is 5.73 Å². The number of hydrogen-bond donors (Lipinski definition) is 2. The van der Waals surface area contributed by atoms with E-state index in [0.717, 1.165) is 10.7 Å². The topological polar surface area (TPSA) is 63.8 Å². The molecule has 0 fully saturated rings. The van der Waals surface area contributed by atoms with E-state index in [1.54, 1.807) is 13.8 Å².